The molecule has 3 rings (SSSR count). The van der Waals surface area contributed by atoms with Gasteiger partial charge in [-0.05, 0) is 66.2 Å². The van der Waals surface area contributed by atoms with Crippen molar-refractivity contribution in [3.63, 3.8) is 0 Å². The Morgan fingerprint density at radius 3 is 1.94 bits per heavy atom. The van der Waals surface area contributed by atoms with Gasteiger partial charge in [-0.1, -0.05) is 12.1 Å². The Morgan fingerprint density at radius 2 is 1.44 bits per heavy atom. The third-order valence-corrected chi connectivity index (χ3v) is 4.89. The third-order valence-electron chi connectivity index (χ3n) is 4.89. The first-order valence-electron chi connectivity index (χ1n) is 9.83. The van der Waals surface area contributed by atoms with Crippen LogP contribution in [0.3, 0.4) is 0 Å². The zero-order valence-corrected chi connectivity index (χ0v) is 18.0. The number of urea groups is 1. The normalized spacial score (nSPS) is 11.1. The molecule has 0 radical (unpaired) electrons. The highest BCUT2D eigenvalue weighted by molar-refractivity contribution is 6.01. The summed E-state index contributed by atoms with van der Waals surface area (Å²) in [4.78, 5) is 16.6. The molecule has 5 nitrogen and oxygen atoms in total. The summed E-state index contributed by atoms with van der Waals surface area (Å²) in [5.41, 5.74) is 2.03. The predicted molar refractivity (Wildman–Crippen MR) is 120 cm³/mol. The predicted octanol–water partition coefficient (Wildman–Crippen LogP) is 6.02. The maximum absolute atomic E-state index is 13.1. The molecule has 0 aliphatic heterocycles. The molecule has 0 heterocycles. The van der Waals surface area contributed by atoms with Crippen LogP contribution in [-0.2, 0) is 12.7 Å². The number of halogens is 3. The molecular formula is C24H24F3N3O2. The Kier molecular flexibility index (Phi) is 6.92. The lowest BCUT2D eigenvalue weighted by atomic mass is 10.1. The average Bonchev–Trinajstić information content (AvgIpc) is 2.77. The van der Waals surface area contributed by atoms with Crippen molar-refractivity contribution >= 4 is 23.1 Å². The Labute approximate surface area is 185 Å². The van der Waals surface area contributed by atoms with Gasteiger partial charge in [0.1, 0.15) is 5.75 Å². The van der Waals surface area contributed by atoms with Gasteiger partial charge in [-0.2, -0.15) is 13.2 Å². The molecule has 0 fully saturated rings. The second-order valence-electron chi connectivity index (χ2n) is 7.35. The van der Waals surface area contributed by atoms with Crippen LogP contribution in [-0.4, -0.2) is 27.2 Å². The van der Waals surface area contributed by atoms with Gasteiger partial charge >= 0.3 is 12.2 Å². The number of benzene rings is 3. The topological polar surface area (TPSA) is 44.8 Å². The first-order valence-corrected chi connectivity index (χ1v) is 9.83. The fraction of sp³-hybridized carbons (Fsp3) is 0.208. The Bertz CT molecular complexity index is 1030. The first kappa shape index (κ1) is 23.0. The van der Waals surface area contributed by atoms with E-state index < -0.39 is 17.8 Å². The maximum atomic E-state index is 13.1. The van der Waals surface area contributed by atoms with Crippen LogP contribution >= 0.6 is 0 Å². The van der Waals surface area contributed by atoms with E-state index in [1.54, 1.807) is 31.4 Å². The van der Waals surface area contributed by atoms with Crippen LogP contribution in [0, 0.1) is 0 Å². The Hall–Kier alpha value is -3.68. The molecule has 0 saturated carbocycles. The fourth-order valence-corrected chi connectivity index (χ4v) is 3.06. The number of carbonyl (C=O) groups excluding carboxylic acids is 1. The van der Waals surface area contributed by atoms with Gasteiger partial charge in [0.25, 0.3) is 0 Å². The largest absolute Gasteiger partial charge is 0.497 e. The highest BCUT2D eigenvalue weighted by atomic mass is 19.4. The summed E-state index contributed by atoms with van der Waals surface area (Å²) in [5.74, 6) is 0.646. The molecule has 0 atom stereocenters. The van der Waals surface area contributed by atoms with Gasteiger partial charge in [-0.25, -0.2) is 4.79 Å². The van der Waals surface area contributed by atoms with Crippen LogP contribution in [0.1, 0.15) is 11.1 Å². The van der Waals surface area contributed by atoms with Crippen molar-refractivity contribution in [1.29, 1.82) is 0 Å². The van der Waals surface area contributed by atoms with Crippen molar-refractivity contribution in [2.45, 2.75) is 12.7 Å². The molecule has 168 valence electrons. The number of methoxy groups -OCH3 is 1. The zero-order chi connectivity index (χ0) is 23.3. The summed E-state index contributed by atoms with van der Waals surface area (Å²) < 4.78 is 43.6. The minimum Gasteiger partial charge on any atom is -0.497 e. The van der Waals surface area contributed by atoms with Crippen LogP contribution < -0.4 is 19.9 Å². The number of carbonyl (C=O) groups is 1. The highest BCUT2D eigenvalue weighted by Crippen LogP contribution is 2.30. The standard InChI is InChI=1S/C24H24F3N3O2/c1-29(2)20-10-4-17(5-11-20)16-30(21-12-14-22(32-3)15-13-21)23(31)28-19-8-6-18(7-9-19)24(25,26)27/h4-15H,16H2,1-3H3,(H,28,31). The number of ether oxygens (including phenoxy) is 1. The Morgan fingerprint density at radius 1 is 0.875 bits per heavy atom. The summed E-state index contributed by atoms with van der Waals surface area (Å²) in [6.45, 7) is 0.270. The molecular weight excluding hydrogens is 419 g/mol. The molecule has 0 aliphatic carbocycles. The number of hydrogen-bond donors (Lipinski definition) is 1. The molecule has 32 heavy (non-hydrogen) atoms. The molecule has 0 unspecified atom stereocenters. The zero-order valence-electron chi connectivity index (χ0n) is 18.0. The number of nitrogens with zero attached hydrogens (tertiary/aromatic N) is 2. The second-order valence-corrected chi connectivity index (χ2v) is 7.35. The van der Waals surface area contributed by atoms with Gasteiger partial charge in [-0.15, -0.1) is 0 Å². The number of amides is 2. The van der Waals surface area contributed by atoms with E-state index >= 15 is 0 Å². The molecule has 8 heteroatoms. The lowest BCUT2D eigenvalue weighted by Crippen LogP contribution is -2.34. The van der Waals surface area contributed by atoms with E-state index in [9.17, 15) is 18.0 Å². The number of anilines is 3. The SMILES string of the molecule is COc1ccc(N(Cc2ccc(N(C)C)cc2)C(=O)Nc2ccc(C(F)(F)F)cc2)cc1. The van der Waals surface area contributed by atoms with E-state index in [1.807, 2.05) is 43.3 Å². The summed E-state index contributed by atoms with van der Waals surface area (Å²) in [6.07, 6.45) is -4.43. The average molecular weight is 443 g/mol. The van der Waals surface area contributed by atoms with E-state index in [0.717, 1.165) is 23.4 Å². The monoisotopic (exact) mass is 443 g/mol. The van der Waals surface area contributed by atoms with Crippen molar-refractivity contribution in [1.82, 2.24) is 0 Å². The van der Waals surface area contributed by atoms with Gasteiger partial charge < -0.3 is 15.0 Å². The van der Waals surface area contributed by atoms with Crippen LogP contribution in [0.4, 0.5) is 35.0 Å². The minimum atomic E-state index is -4.43. The number of hydrogen-bond acceptors (Lipinski definition) is 3. The van der Waals surface area contributed by atoms with Crippen LogP contribution in [0.25, 0.3) is 0 Å². The van der Waals surface area contributed by atoms with Crippen molar-refractivity contribution in [3.05, 3.63) is 83.9 Å². The molecule has 0 spiro atoms. The second kappa shape index (κ2) is 9.64. The van der Waals surface area contributed by atoms with Crippen molar-refractivity contribution in [3.8, 4) is 5.75 Å². The third kappa shape index (κ3) is 5.72. The van der Waals surface area contributed by atoms with Crippen molar-refractivity contribution in [2.24, 2.45) is 0 Å². The summed E-state index contributed by atoms with van der Waals surface area (Å²) in [5, 5.41) is 2.68. The fourth-order valence-electron chi connectivity index (χ4n) is 3.06. The van der Waals surface area contributed by atoms with Gasteiger partial charge in [0, 0.05) is 31.2 Å². The number of alkyl halides is 3. The first-order chi connectivity index (χ1) is 15.2. The minimum absolute atomic E-state index is 0.268. The smallest absolute Gasteiger partial charge is 0.416 e. The van der Waals surface area contributed by atoms with Gasteiger partial charge in [0.05, 0.1) is 19.2 Å². The molecule has 0 saturated heterocycles. The number of nitrogens with one attached hydrogen (secondary N) is 1. The van der Waals surface area contributed by atoms with Gasteiger partial charge in [-0.3, -0.25) is 4.90 Å². The van der Waals surface area contributed by atoms with Crippen LogP contribution in [0.2, 0.25) is 0 Å². The molecule has 3 aromatic carbocycles. The molecule has 0 aromatic heterocycles. The number of rotatable bonds is 6. The lowest BCUT2D eigenvalue weighted by Gasteiger charge is -2.24. The van der Waals surface area contributed by atoms with E-state index in [0.29, 0.717) is 11.4 Å². The van der Waals surface area contributed by atoms with Gasteiger partial charge in [0.15, 0.2) is 0 Å². The quantitative estimate of drug-likeness (QED) is 0.507. The van der Waals surface area contributed by atoms with E-state index in [1.165, 1.54) is 17.0 Å². The molecule has 2 amide bonds. The van der Waals surface area contributed by atoms with Crippen LogP contribution in [0.5, 0.6) is 5.75 Å². The van der Waals surface area contributed by atoms with E-state index in [2.05, 4.69) is 5.32 Å². The molecule has 0 bridgehead atoms. The summed E-state index contributed by atoms with van der Waals surface area (Å²) in [7, 11) is 5.43. The lowest BCUT2D eigenvalue weighted by molar-refractivity contribution is -0.137. The summed E-state index contributed by atoms with van der Waals surface area (Å²) in [6, 6.07) is 18.6. The highest BCUT2D eigenvalue weighted by Gasteiger charge is 2.30. The molecule has 1 N–H and O–H groups in total. The van der Waals surface area contributed by atoms with Crippen molar-refractivity contribution in [2.75, 3.05) is 36.3 Å². The van der Waals surface area contributed by atoms with Crippen molar-refractivity contribution < 1.29 is 22.7 Å². The molecule has 0 aliphatic rings. The van der Waals surface area contributed by atoms with Gasteiger partial charge in [0.2, 0.25) is 0 Å². The van der Waals surface area contributed by atoms with E-state index in [4.69, 9.17) is 4.74 Å². The maximum Gasteiger partial charge on any atom is 0.416 e. The van der Waals surface area contributed by atoms with E-state index in [-0.39, 0.29) is 12.2 Å². The summed E-state index contributed by atoms with van der Waals surface area (Å²) >= 11 is 0. The molecule has 3 aromatic rings. The Balaban J connectivity index is 1.84. The van der Waals surface area contributed by atoms with Crippen LogP contribution in [0.15, 0.2) is 72.8 Å².